The molecule has 0 spiro atoms. The Morgan fingerprint density at radius 1 is 1.12 bits per heavy atom. The summed E-state index contributed by atoms with van der Waals surface area (Å²) in [5.74, 6) is 0.368. The van der Waals surface area contributed by atoms with Crippen LogP contribution in [0.15, 0.2) is 30.3 Å². The van der Waals surface area contributed by atoms with Crippen molar-refractivity contribution in [1.82, 2.24) is 4.98 Å². The smallest absolute Gasteiger partial charge is 0.0705 e. The highest BCUT2D eigenvalue weighted by Gasteiger charge is 2.11. The maximum atomic E-state index is 6.12. The number of rotatable bonds is 2. The Morgan fingerprint density at radius 2 is 1.88 bits per heavy atom. The lowest BCUT2D eigenvalue weighted by molar-refractivity contribution is 0.743. The largest absolute Gasteiger partial charge is 0.253 e. The number of nitrogens with zero attached hydrogens (tertiary/aromatic N) is 1. The van der Waals surface area contributed by atoms with Crippen molar-refractivity contribution in [3.63, 3.8) is 0 Å². The predicted molar refractivity (Wildman–Crippen MR) is 70.2 cm³/mol. The summed E-state index contributed by atoms with van der Waals surface area (Å²) in [5, 5.41) is 1.34. The van der Waals surface area contributed by atoms with Crippen molar-refractivity contribution < 1.29 is 0 Å². The normalized spacial score (nSPS) is 15.0. The van der Waals surface area contributed by atoms with Crippen LogP contribution in [0.4, 0.5) is 0 Å². The Morgan fingerprint density at radius 3 is 2.56 bits per heavy atom. The van der Waals surface area contributed by atoms with Crippen molar-refractivity contribution in [3.8, 4) is 0 Å². The van der Waals surface area contributed by atoms with E-state index in [-0.39, 0.29) is 5.38 Å². The molecule has 84 valence electrons. The third kappa shape index (κ3) is 2.19. The monoisotopic (exact) mass is 233 g/mol. The highest BCUT2D eigenvalue weighted by atomic mass is 35.5. The van der Waals surface area contributed by atoms with Gasteiger partial charge in [0.25, 0.3) is 0 Å². The van der Waals surface area contributed by atoms with Gasteiger partial charge in [-0.1, -0.05) is 19.1 Å². The zero-order valence-corrected chi connectivity index (χ0v) is 10.6. The third-order valence-corrected chi connectivity index (χ3v) is 3.45. The van der Waals surface area contributed by atoms with Gasteiger partial charge in [0, 0.05) is 16.5 Å². The van der Waals surface area contributed by atoms with E-state index >= 15 is 0 Å². The van der Waals surface area contributed by atoms with E-state index in [0.29, 0.717) is 5.92 Å². The molecule has 2 heteroatoms. The number of aromatic nitrogens is 1. The third-order valence-electron chi connectivity index (χ3n) is 3.07. The van der Waals surface area contributed by atoms with Crippen LogP contribution in [-0.2, 0) is 0 Å². The summed E-state index contributed by atoms with van der Waals surface area (Å²) >= 11 is 6.12. The first-order valence-electron chi connectivity index (χ1n) is 5.59. The van der Waals surface area contributed by atoms with Crippen molar-refractivity contribution in [2.24, 2.45) is 0 Å². The molecule has 0 fully saturated rings. The maximum Gasteiger partial charge on any atom is 0.0705 e. The van der Waals surface area contributed by atoms with Crippen LogP contribution in [0.2, 0.25) is 0 Å². The van der Waals surface area contributed by atoms with E-state index in [4.69, 9.17) is 11.6 Å². The molecule has 0 saturated heterocycles. The van der Waals surface area contributed by atoms with Gasteiger partial charge < -0.3 is 0 Å². The number of benzene rings is 1. The van der Waals surface area contributed by atoms with Gasteiger partial charge in [0.05, 0.1) is 5.52 Å². The van der Waals surface area contributed by atoms with Crippen LogP contribution >= 0.6 is 11.6 Å². The second-order valence-electron chi connectivity index (χ2n) is 4.37. The summed E-state index contributed by atoms with van der Waals surface area (Å²) < 4.78 is 0. The lowest BCUT2D eigenvalue weighted by atomic mass is 9.97. The van der Waals surface area contributed by atoms with E-state index in [1.54, 1.807) is 0 Å². The van der Waals surface area contributed by atoms with Crippen LogP contribution < -0.4 is 0 Å². The van der Waals surface area contributed by atoms with E-state index in [1.165, 1.54) is 10.9 Å². The topological polar surface area (TPSA) is 12.9 Å². The van der Waals surface area contributed by atoms with Crippen molar-refractivity contribution in [2.45, 2.75) is 32.1 Å². The molecule has 0 aliphatic heterocycles. The minimum absolute atomic E-state index is 0.149. The Labute approximate surface area is 101 Å². The SMILES string of the molecule is Cc1ccc2cc(C(C)C(C)Cl)ccc2n1. The second kappa shape index (κ2) is 4.42. The molecule has 0 N–H and O–H groups in total. The summed E-state index contributed by atoms with van der Waals surface area (Å²) in [5.41, 5.74) is 3.39. The molecule has 2 rings (SSSR count). The molecule has 0 amide bonds. The molecule has 1 aromatic heterocycles. The molecule has 2 aromatic rings. The lowest BCUT2D eigenvalue weighted by Gasteiger charge is -2.14. The van der Waals surface area contributed by atoms with Gasteiger partial charge in [0.15, 0.2) is 0 Å². The number of alkyl halides is 1. The molecule has 1 nitrogen and oxygen atoms in total. The average molecular weight is 234 g/mol. The van der Waals surface area contributed by atoms with Gasteiger partial charge in [-0.15, -0.1) is 11.6 Å². The van der Waals surface area contributed by atoms with Crippen LogP contribution in [0, 0.1) is 6.92 Å². The highest BCUT2D eigenvalue weighted by Crippen LogP contribution is 2.25. The van der Waals surface area contributed by atoms with Crippen molar-refractivity contribution >= 4 is 22.5 Å². The number of hydrogen-bond donors (Lipinski definition) is 0. The standard InChI is InChI=1S/C14H16ClN/c1-9-4-5-13-8-12(10(2)11(3)15)6-7-14(13)16-9/h4-8,10-11H,1-3H3. The van der Waals surface area contributed by atoms with Crippen molar-refractivity contribution in [3.05, 3.63) is 41.6 Å². The molecule has 0 aliphatic carbocycles. The number of pyridine rings is 1. The van der Waals surface area contributed by atoms with E-state index in [2.05, 4.69) is 36.2 Å². The van der Waals surface area contributed by atoms with E-state index < -0.39 is 0 Å². The fraction of sp³-hybridized carbons (Fsp3) is 0.357. The van der Waals surface area contributed by atoms with Crippen LogP contribution in [0.5, 0.6) is 0 Å². The molecule has 1 heterocycles. The number of fused-ring (bicyclic) bond motifs is 1. The Kier molecular flexibility index (Phi) is 3.15. The molecule has 0 saturated carbocycles. The first-order valence-corrected chi connectivity index (χ1v) is 6.03. The minimum atomic E-state index is 0.149. The quantitative estimate of drug-likeness (QED) is 0.706. The summed E-state index contributed by atoms with van der Waals surface area (Å²) in [6.45, 7) is 6.20. The molecule has 2 atom stereocenters. The average Bonchev–Trinajstić information content (AvgIpc) is 2.27. The van der Waals surface area contributed by atoms with Gasteiger partial charge in [-0.3, -0.25) is 4.98 Å². The Hall–Kier alpha value is -1.08. The van der Waals surface area contributed by atoms with Crippen molar-refractivity contribution in [1.29, 1.82) is 0 Å². The predicted octanol–water partition coefficient (Wildman–Crippen LogP) is 4.27. The van der Waals surface area contributed by atoms with E-state index in [1.807, 2.05) is 19.9 Å². The molecule has 0 radical (unpaired) electrons. The number of halogens is 1. The molecule has 16 heavy (non-hydrogen) atoms. The lowest BCUT2D eigenvalue weighted by Crippen LogP contribution is -2.04. The second-order valence-corrected chi connectivity index (χ2v) is 5.06. The van der Waals surface area contributed by atoms with Gasteiger partial charge in [-0.25, -0.2) is 0 Å². The molecule has 0 aliphatic rings. The van der Waals surface area contributed by atoms with E-state index in [0.717, 1.165) is 11.2 Å². The first-order chi connectivity index (χ1) is 7.58. The van der Waals surface area contributed by atoms with Crippen LogP contribution in [0.25, 0.3) is 10.9 Å². The zero-order chi connectivity index (χ0) is 11.7. The maximum absolute atomic E-state index is 6.12. The first kappa shape index (κ1) is 11.4. The van der Waals surface area contributed by atoms with E-state index in [9.17, 15) is 0 Å². The van der Waals surface area contributed by atoms with Gasteiger partial charge >= 0.3 is 0 Å². The molecule has 2 unspecified atom stereocenters. The molecule has 0 bridgehead atoms. The van der Waals surface area contributed by atoms with Crippen LogP contribution in [0.1, 0.15) is 31.0 Å². The fourth-order valence-corrected chi connectivity index (χ4v) is 1.94. The number of aryl methyl sites for hydroxylation is 1. The van der Waals surface area contributed by atoms with Gasteiger partial charge in [0.1, 0.15) is 0 Å². The Balaban J connectivity index is 2.48. The molecule has 1 aromatic carbocycles. The van der Waals surface area contributed by atoms with Gasteiger partial charge in [-0.05, 0) is 43.5 Å². The molecular formula is C14H16ClN. The Bertz CT molecular complexity index is 505. The molecular weight excluding hydrogens is 218 g/mol. The van der Waals surface area contributed by atoms with Crippen LogP contribution in [-0.4, -0.2) is 10.4 Å². The van der Waals surface area contributed by atoms with Gasteiger partial charge in [-0.2, -0.15) is 0 Å². The highest BCUT2D eigenvalue weighted by molar-refractivity contribution is 6.20. The van der Waals surface area contributed by atoms with Gasteiger partial charge in [0.2, 0.25) is 0 Å². The zero-order valence-electron chi connectivity index (χ0n) is 9.87. The minimum Gasteiger partial charge on any atom is -0.253 e. The van der Waals surface area contributed by atoms with Crippen molar-refractivity contribution in [2.75, 3.05) is 0 Å². The summed E-state index contributed by atoms with van der Waals surface area (Å²) in [7, 11) is 0. The number of hydrogen-bond acceptors (Lipinski definition) is 1. The fourth-order valence-electron chi connectivity index (χ4n) is 1.79. The van der Waals surface area contributed by atoms with Crippen LogP contribution in [0.3, 0.4) is 0 Å². The summed E-state index contributed by atoms with van der Waals surface area (Å²) in [6.07, 6.45) is 0. The summed E-state index contributed by atoms with van der Waals surface area (Å²) in [6, 6.07) is 10.5. The summed E-state index contributed by atoms with van der Waals surface area (Å²) in [4.78, 5) is 4.49.